The van der Waals surface area contributed by atoms with Crippen molar-refractivity contribution in [2.45, 2.75) is 19.0 Å². The minimum absolute atomic E-state index is 0. The van der Waals surface area contributed by atoms with E-state index in [1.54, 1.807) is 17.0 Å². The predicted octanol–water partition coefficient (Wildman–Crippen LogP) is 1.43. The summed E-state index contributed by atoms with van der Waals surface area (Å²) in [4.78, 5) is 16.2. The molecule has 1 fully saturated rings. The molecule has 0 spiro atoms. The molecule has 130 valence electrons. The van der Waals surface area contributed by atoms with E-state index in [0.29, 0.717) is 13.1 Å². The number of hydrogen-bond acceptors (Lipinski definition) is 4. The molecule has 0 aromatic heterocycles. The molecule has 1 aromatic carbocycles. The number of carbonyl (C=O) groups is 1. The van der Waals surface area contributed by atoms with Crippen LogP contribution in [0.4, 0.5) is 4.39 Å². The Balaban J connectivity index is 0.00000264. The van der Waals surface area contributed by atoms with Gasteiger partial charge < -0.3 is 15.4 Å². The van der Waals surface area contributed by atoms with Crippen molar-refractivity contribution in [1.29, 1.82) is 0 Å². The molecule has 2 atom stereocenters. The van der Waals surface area contributed by atoms with Crippen molar-refractivity contribution < 1.29 is 13.9 Å². The maximum absolute atomic E-state index is 13.3. The largest absolute Gasteiger partial charge is 0.383 e. The van der Waals surface area contributed by atoms with Crippen LogP contribution in [0, 0.1) is 5.82 Å². The molecule has 0 saturated carbocycles. The fourth-order valence-corrected chi connectivity index (χ4v) is 2.79. The number of rotatable bonds is 5. The molecule has 2 unspecified atom stereocenters. The molecule has 2 N–H and O–H groups in total. The number of nitrogens with zero attached hydrogens (tertiary/aromatic N) is 2. The zero-order chi connectivity index (χ0) is 16.1. The van der Waals surface area contributed by atoms with E-state index in [9.17, 15) is 9.18 Å². The molecule has 5 nitrogen and oxygen atoms in total. The number of piperazine rings is 1. The first-order valence-electron chi connectivity index (χ1n) is 7.55. The lowest BCUT2D eigenvalue weighted by atomic mass is 10.1. The van der Waals surface area contributed by atoms with E-state index >= 15 is 0 Å². The van der Waals surface area contributed by atoms with E-state index in [-0.39, 0.29) is 36.8 Å². The lowest BCUT2D eigenvalue weighted by molar-refractivity contribution is -0.135. The fraction of sp³-hybridized carbons (Fsp3) is 0.562. The molecular weight excluding hydrogens is 321 g/mol. The van der Waals surface area contributed by atoms with E-state index in [2.05, 4.69) is 11.8 Å². The maximum Gasteiger partial charge on any atom is 0.241 e. The summed E-state index contributed by atoms with van der Waals surface area (Å²) in [6.07, 6.45) is 0. The number of carbonyl (C=O) groups excluding carboxylic acids is 1. The van der Waals surface area contributed by atoms with E-state index in [1.165, 1.54) is 13.2 Å². The zero-order valence-electron chi connectivity index (χ0n) is 13.6. The Morgan fingerprint density at radius 1 is 1.35 bits per heavy atom. The molecule has 0 radical (unpaired) electrons. The minimum Gasteiger partial charge on any atom is -0.383 e. The summed E-state index contributed by atoms with van der Waals surface area (Å²) in [5.41, 5.74) is 6.74. The molecular formula is C16H25ClFN3O2. The third kappa shape index (κ3) is 5.14. The molecule has 1 aliphatic rings. The van der Waals surface area contributed by atoms with Gasteiger partial charge in [-0.2, -0.15) is 0 Å². The average Bonchev–Trinajstić information content (AvgIpc) is 2.54. The van der Waals surface area contributed by atoms with E-state index in [1.807, 2.05) is 6.07 Å². The predicted molar refractivity (Wildman–Crippen MR) is 90.1 cm³/mol. The lowest BCUT2D eigenvalue weighted by Gasteiger charge is -2.39. The van der Waals surface area contributed by atoms with Crippen LogP contribution in [0.5, 0.6) is 0 Å². The van der Waals surface area contributed by atoms with Crippen molar-refractivity contribution in [2.24, 2.45) is 5.73 Å². The van der Waals surface area contributed by atoms with Crippen LogP contribution >= 0.6 is 12.4 Å². The summed E-state index contributed by atoms with van der Waals surface area (Å²) < 4.78 is 18.3. The number of halogens is 2. The molecule has 2 rings (SSSR count). The summed E-state index contributed by atoms with van der Waals surface area (Å²) in [5.74, 6) is -0.288. The molecule has 23 heavy (non-hydrogen) atoms. The van der Waals surface area contributed by atoms with Crippen molar-refractivity contribution in [3.63, 3.8) is 0 Å². The molecule has 1 aliphatic heterocycles. The van der Waals surface area contributed by atoms with Gasteiger partial charge in [-0.05, 0) is 24.6 Å². The average molecular weight is 346 g/mol. The van der Waals surface area contributed by atoms with Gasteiger partial charge in [-0.1, -0.05) is 12.1 Å². The highest BCUT2D eigenvalue weighted by atomic mass is 35.5. The van der Waals surface area contributed by atoms with Crippen molar-refractivity contribution in [3.8, 4) is 0 Å². The highest BCUT2D eigenvalue weighted by Crippen LogP contribution is 2.22. The molecule has 1 amide bonds. The van der Waals surface area contributed by atoms with Gasteiger partial charge in [-0.3, -0.25) is 9.69 Å². The Morgan fingerprint density at radius 2 is 2.00 bits per heavy atom. The van der Waals surface area contributed by atoms with Gasteiger partial charge in [0.2, 0.25) is 5.91 Å². The summed E-state index contributed by atoms with van der Waals surface area (Å²) in [7, 11) is 1.53. The first-order valence-corrected chi connectivity index (χ1v) is 7.55. The lowest BCUT2D eigenvalue weighted by Crippen LogP contribution is -2.54. The summed E-state index contributed by atoms with van der Waals surface area (Å²) in [6.45, 7) is 5.07. The Labute approximate surface area is 143 Å². The standard InChI is InChI=1S/C16H24FN3O2.ClH/c1-12(13-4-3-5-14(17)10-13)19-6-8-20(9-7-19)16(21)15(18)11-22-2;/h3-5,10,12,15H,6-9,11,18H2,1-2H3;1H. The van der Waals surface area contributed by atoms with Gasteiger partial charge in [0.15, 0.2) is 0 Å². The Morgan fingerprint density at radius 3 is 2.57 bits per heavy atom. The summed E-state index contributed by atoms with van der Waals surface area (Å²) in [6, 6.07) is 6.20. The van der Waals surface area contributed by atoms with E-state index < -0.39 is 6.04 Å². The second-order valence-electron chi connectivity index (χ2n) is 5.65. The van der Waals surface area contributed by atoms with Crippen molar-refractivity contribution >= 4 is 18.3 Å². The van der Waals surface area contributed by atoms with Gasteiger partial charge in [-0.25, -0.2) is 4.39 Å². The number of nitrogens with two attached hydrogens (primary N) is 1. The Bertz CT molecular complexity index is 510. The summed E-state index contributed by atoms with van der Waals surface area (Å²) >= 11 is 0. The highest BCUT2D eigenvalue weighted by molar-refractivity contribution is 5.85. The maximum atomic E-state index is 13.3. The number of methoxy groups -OCH3 is 1. The van der Waals surface area contributed by atoms with Gasteiger partial charge in [-0.15, -0.1) is 12.4 Å². The van der Waals surface area contributed by atoms with E-state index in [0.717, 1.165) is 18.7 Å². The van der Waals surface area contributed by atoms with Gasteiger partial charge in [0, 0.05) is 39.3 Å². The quantitative estimate of drug-likeness (QED) is 0.877. The number of amides is 1. The Kier molecular flexibility index (Phi) is 7.91. The third-order valence-electron chi connectivity index (χ3n) is 4.17. The van der Waals surface area contributed by atoms with Gasteiger partial charge >= 0.3 is 0 Å². The monoisotopic (exact) mass is 345 g/mol. The van der Waals surface area contributed by atoms with E-state index in [4.69, 9.17) is 10.5 Å². The third-order valence-corrected chi connectivity index (χ3v) is 4.17. The molecule has 7 heteroatoms. The molecule has 1 aromatic rings. The number of ether oxygens (including phenoxy) is 1. The van der Waals surface area contributed by atoms with Gasteiger partial charge in [0.25, 0.3) is 0 Å². The van der Waals surface area contributed by atoms with Crippen LogP contribution in [-0.2, 0) is 9.53 Å². The minimum atomic E-state index is -0.600. The molecule has 0 aliphatic carbocycles. The van der Waals surface area contributed by atoms with Gasteiger partial charge in [0.1, 0.15) is 11.9 Å². The fourth-order valence-electron chi connectivity index (χ4n) is 2.79. The topological polar surface area (TPSA) is 58.8 Å². The number of hydrogen-bond donors (Lipinski definition) is 1. The van der Waals surface area contributed by atoms with Gasteiger partial charge in [0.05, 0.1) is 6.61 Å². The van der Waals surface area contributed by atoms with Crippen LogP contribution in [0.1, 0.15) is 18.5 Å². The molecule has 1 heterocycles. The van der Waals surface area contributed by atoms with Crippen LogP contribution in [0.15, 0.2) is 24.3 Å². The van der Waals surface area contributed by atoms with Crippen LogP contribution in [0.2, 0.25) is 0 Å². The molecule has 0 bridgehead atoms. The van der Waals surface area contributed by atoms with Crippen molar-refractivity contribution in [1.82, 2.24) is 9.80 Å². The summed E-state index contributed by atoms with van der Waals surface area (Å²) in [5, 5.41) is 0. The molecule has 1 saturated heterocycles. The first-order chi connectivity index (χ1) is 10.5. The second kappa shape index (κ2) is 9.17. The smallest absolute Gasteiger partial charge is 0.241 e. The van der Waals surface area contributed by atoms with Crippen LogP contribution in [0.25, 0.3) is 0 Å². The number of benzene rings is 1. The SMILES string of the molecule is COCC(N)C(=O)N1CCN(C(C)c2cccc(F)c2)CC1.Cl. The normalized spacial score (nSPS) is 18.2. The van der Waals surface area contributed by atoms with Crippen molar-refractivity contribution in [3.05, 3.63) is 35.6 Å². The second-order valence-corrected chi connectivity index (χ2v) is 5.65. The van der Waals surface area contributed by atoms with Crippen LogP contribution in [0.3, 0.4) is 0 Å². The van der Waals surface area contributed by atoms with Crippen LogP contribution < -0.4 is 5.73 Å². The van der Waals surface area contributed by atoms with Crippen LogP contribution in [-0.4, -0.2) is 61.6 Å². The Hall–Kier alpha value is -1.21. The highest BCUT2D eigenvalue weighted by Gasteiger charge is 2.27. The zero-order valence-corrected chi connectivity index (χ0v) is 14.4. The van der Waals surface area contributed by atoms with Crippen molar-refractivity contribution in [2.75, 3.05) is 39.9 Å². The first kappa shape index (κ1) is 19.8.